The van der Waals surface area contributed by atoms with Crippen LogP contribution < -0.4 is 0 Å². The van der Waals surface area contributed by atoms with Gasteiger partial charge in [-0.05, 0) is 36.5 Å². The second-order valence-corrected chi connectivity index (χ2v) is 4.09. The minimum absolute atomic E-state index is 0.103. The quantitative estimate of drug-likeness (QED) is 0.679. The van der Waals surface area contributed by atoms with Crippen molar-refractivity contribution in [3.8, 4) is 11.5 Å². The molecule has 0 atom stereocenters. The Bertz CT molecular complexity index is 794. The fourth-order valence-corrected chi connectivity index (χ4v) is 1.85. The van der Waals surface area contributed by atoms with Gasteiger partial charge < -0.3 is 9.40 Å². The summed E-state index contributed by atoms with van der Waals surface area (Å²) in [5.41, 5.74) is 0.577. The monoisotopic (exact) mass is 264 g/mol. The molecule has 0 radical (unpaired) electrons. The predicted octanol–water partition coefficient (Wildman–Crippen LogP) is 3.83. The maximum absolute atomic E-state index is 13.6. The van der Waals surface area contributed by atoms with Gasteiger partial charge in [0.05, 0.1) is 6.20 Å². The minimum atomic E-state index is -0.580. The van der Waals surface area contributed by atoms with Crippen LogP contribution in [0.1, 0.15) is 0 Å². The van der Waals surface area contributed by atoms with E-state index in [1.165, 1.54) is 18.2 Å². The van der Waals surface area contributed by atoms with Crippen LogP contribution in [0.5, 0.6) is 0 Å². The van der Waals surface area contributed by atoms with Crippen LogP contribution in [-0.2, 0) is 0 Å². The SMILES string of the molecule is Fc1ccc2oc(-c3[nH]c(=S)ncc3F)cc2c1. The van der Waals surface area contributed by atoms with Crippen LogP contribution >= 0.6 is 12.2 Å². The second kappa shape index (κ2) is 3.99. The van der Waals surface area contributed by atoms with Gasteiger partial charge in [-0.15, -0.1) is 0 Å². The summed E-state index contributed by atoms with van der Waals surface area (Å²) in [4.78, 5) is 6.22. The molecule has 0 bridgehead atoms. The molecule has 0 aliphatic rings. The molecule has 18 heavy (non-hydrogen) atoms. The van der Waals surface area contributed by atoms with E-state index in [1.807, 2.05) is 0 Å². The number of rotatable bonds is 1. The number of hydrogen-bond acceptors (Lipinski definition) is 3. The fraction of sp³-hybridized carbons (Fsp3) is 0. The summed E-state index contributed by atoms with van der Waals surface area (Å²) >= 11 is 4.83. The zero-order chi connectivity index (χ0) is 12.7. The van der Waals surface area contributed by atoms with Crippen molar-refractivity contribution < 1.29 is 13.2 Å². The number of nitrogens with one attached hydrogen (secondary N) is 1. The fourth-order valence-electron chi connectivity index (χ4n) is 1.70. The van der Waals surface area contributed by atoms with Gasteiger partial charge in [-0.25, -0.2) is 13.8 Å². The van der Waals surface area contributed by atoms with Crippen LogP contribution in [0, 0.1) is 16.4 Å². The van der Waals surface area contributed by atoms with Crippen LogP contribution in [0.15, 0.2) is 34.9 Å². The van der Waals surface area contributed by atoms with E-state index in [1.54, 1.807) is 6.07 Å². The van der Waals surface area contributed by atoms with E-state index in [9.17, 15) is 8.78 Å². The lowest BCUT2D eigenvalue weighted by molar-refractivity contribution is 0.587. The summed E-state index contributed by atoms with van der Waals surface area (Å²) in [6.45, 7) is 0. The van der Waals surface area contributed by atoms with E-state index in [2.05, 4.69) is 9.97 Å². The zero-order valence-corrected chi connectivity index (χ0v) is 9.72. The molecular formula is C12H6F2N2OS. The first kappa shape index (κ1) is 11.0. The largest absolute Gasteiger partial charge is 0.454 e. The zero-order valence-electron chi connectivity index (χ0n) is 8.91. The topological polar surface area (TPSA) is 41.8 Å². The van der Waals surface area contributed by atoms with Crippen LogP contribution in [0.4, 0.5) is 8.78 Å². The molecular weight excluding hydrogens is 258 g/mol. The second-order valence-electron chi connectivity index (χ2n) is 3.70. The third-order valence-corrected chi connectivity index (χ3v) is 2.70. The highest BCUT2D eigenvalue weighted by Crippen LogP contribution is 2.28. The van der Waals surface area contributed by atoms with Crippen molar-refractivity contribution in [1.82, 2.24) is 9.97 Å². The third-order valence-electron chi connectivity index (χ3n) is 2.49. The number of halogens is 2. The number of benzene rings is 1. The molecule has 3 rings (SSSR count). The average Bonchev–Trinajstić information content (AvgIpc) is 2.74. The molecule has 0 saturated carbocycles. The van der Waals surface area contributed by atoms with Gasteiger partial charge in [0.25, 0.3) is 0 Å². The molecule has 0 saturated heterocycles. The molecule has 0 unspecified atom stereocenters. The van der Waals surface area contributed by atoms with Gasteiger partial charge >= 0.3 is 0 Å². The molecule has 0 amide bonds. The normalized spacial score (nSPS) is 11.0. The molecule has 0 aliphatic heterocycles. The van der Waals surface area contributed by atoms with Gasteiger partial charge in [0.1, 0.15) is 17.1 Å². The van der Waals surface area contributed by atoms with Crippen molar-refractivity contribution in [2.75, 3.05) is 0 Å². The van der Waals surface area contributed by atoms with Crippen molar-refractivity contribution in [1.29, 1.82) is 0 Å². The van der Waals surface area contributed by atoms with E-state index >= 15 is 0 Å². The molecule has 2 heterocycles. The third kappa shape index (κ3) is 1.80. The molecule has 6 heteroatoms. The molecule has 0 spiro atoms. The van der Waals surface area contributed by atoms with Crippen molar-refractivity contribution in [2.24, 2.45) is 0 Å². The first-order valence-electron chi connectivity index (χ1n) is 5.08. The Labute approximate surface area is 105 Å². The summed E-state index contributed by atoms with van der Waals surface area (Å²) in [7, 11) is 0. The van der Waals surface area contributed by atoms with E-state index in [0.717, 1.165) is 6.20 Å². The van der Waals surface area contributed by atoms with Gasteiger partial charge in [0, 0.05) is 5.39 Å². The Morgan fingerprint density at radius 3 is 2.89 bits per heavy atom. The smallest absolute Gasteiger partial charge is 0.197 e. The van der Waals surface area contributed by atoms with Gasteiger partial charge in [-0.2, -0.15) is 0 Å². The number of aromatic nitrogens is 2. The van der Waals surface area contributed by atoms with Gasteiger partial charge in [0.2, 0.25) is 0 Å². The number of hydrogen-bond donors (Lipinski definition) is 1. The number of nitrogens with zero attached hydrogens (tertiary/aromatic N) is 1. The molecule has 1 N–H and O–H groups in total. The minimum Gasteiger partial charge on any atom is -0.454 e. The highest BCUT2D eigenvalue weighted by Gasteiger charge is 2.12. The van der Waals surface area contributed by atoms with Crippen molar-refractivity contribution >= 4 is 23.2 Å². The molecule has 90 valence electrons. The Morgan fingerprint density at radius 2 is 2.06 bits per heavy atom. The standard InChI is InChI=1S/C12H6F2N2OS/c13-7-1-2-9-6(3-7)4-10(17-9)11-8(14)5-15-12(18)16-11/h1-5H,(H,15,16,18). The predicted molar refractivity (Wildman–Crippen MR) is 64.5 cm³/mol. The summed E-state index contributed by atoms with van der Waals surface area (Å²) in [5.74, 6) is -0.706. The van der Waals surface area contributed by atoms with Crippen LogP contribution in [0.2, 0.25) is 0 Å². The number of aromatic amines is 1. The number of furan rings is 1. The highest BCUT2D eigenvalue weighted by atomic mass is 32.1. The lowest BCUT2D eigenvalue weighted by Gasteiger charge is -1.97. The van der Waals surface area contributed by atoms with Crippen LogP contribution in [0.3, 0.4) is 0 Å². The van der Waals surface area contributed by atoms with Gasteiger partial charge in [0.15, 0.2) is 16.3 Å². The Morgan fingerprint density at radius 1 is 1.22 bits per heavy atom. The summed E-state index contributed by atoms with van der Waals surface area (Å²) < 4.78 is 32.2. The number of H-pyrrole nitrogens is 1. The lowest BCUT2D eigenvalue weighted by Crippen LogP contribution is -1.90. The molecule has 2 aromatic heterocycles. The Kier molecular flexibility index (Phi) is 2.45. The first-order chi connectivity index (χ1) is 8.63. The maximum atomic E-state index is 13.6. The van der Waals surface area contributed by atoms with E-state index in [0.29, 0.717) is 11.0 Å². The molecule has 0 aliphatic carbocycles. The summed E-state index contributed by atoms with van der Waals surface area (Å²) in [5, 5.41) is 0.556. The Balaban J connectivity index is 2.25. The molecule has 1 aromatic carbocycles. The van der Waals surface area contributed by atoms with Crippen molar-refractivity contribution in [2.45, 2.75) is 0 Å². The highest BCUT2D eigenvalue weighted by molar-refractivity contribution is 7.71. The van der Waals surface area contributed by atoms with Crippen molar-refractivity contribution in [3.63, 3.8) is 0 Å². The molecule has 0 fully saturated rings. The average molecular weight is 264 g/mol. The van der Waals surface area contributed by atoms with E-state index in [-0.39, 0.29) is 22.0 Å². The maximum Gasteiger partial charge on any atom is 0.197 e. The summed E-state index contributed by atoms with van der Waals surface area (Å²) in [6, 6.07) is 5.63. The lowest BCUT2D eigenvalue weighted by atomic mass is 10.2. The number of fused-ring (bicyclic) bond motifs is 1. The van der Waals surface area contributed by atoms with Crippen LogP contribution in [0.25, 0.3) is 22.4 Å². The first-order valence-corrected chi connectivity index (χ1v) is 5.48. The summed E-state index contributed by atoms with van der Waals surface area (Å²) in [6.07, 6.45) is 1.02. The van der Waals surface area contributed by atoms with E-state index in [4.69, 9.17) is 16.6 Å². The van der Waals surface area contributed by atoms with Crippen LogP contribution in [-0.4, -0.2) is 9.97 Å². The molecule has 3 aromatic rings. The molecule has 3 nitrogen and oxygen atoms in total. The van der Waals surface area contributed by atoms with Crippen molar-refractivity contribution in [3.05, 3.63) is 46.9 Å². The van der Waals surface area contributed by atoms with Gasteiger partial charge in [-0.1, -0.05) is 0 Å². The van der Waals surface area contributed by atoms with Gasteiger partial charge in [-0.3, -0.25) is 0 Å². The Hall–Kier alpha value is -2.08. The van der Waals surface area contributed by atoms with E-state index < -0.39 is 5.82 Å².